The molecule has 0 aromatic heterocycles. The van der Waals surface area contributed by atoms with Gasteiger partial charge in [0.25, 0.3) is 5.69 Å². The van der Waals surface area contributed by atoms with E-state index in [9.17, 15) is 10.1 Å². The summed E-state index contributed by atoms with van der Waals surface area (Å²) in [4.78, 5) is 10.9. The Morgan fingerprint density at radius 3 is 2.41 bits per heavy atom. The van der Waals surface area contributed by atoms with Gasteiger partial charge in [0, 0.05) is 16.5 Å². The first-order valence-corrected chi connectivity index (χ1v) is 6.71. The van der Waals surface area contributed by atoms with E-state index in [2.05, 4.69) is 36.7 Å². The van der Waals surface area contributed by atoms with Crippen molar-refractivity contribution in [3.05, 3.63) is 39.9 Å². The second-order valence-corrected chi connectivity index (χ2v) is 5.89. The highest BCUT2D eigenvalue weighted by Gasteiger charge is 2.21. The summed E-state index contributed by atoms with van der Waals surface area (Å²) in [5.41, 5.74) is 1.01. The fraction of sp³-hybridized carbons (Fsp3) is 0.538. The minimum absolute atomic E-state index is 0.216. The summed E-state index contributed by atoms with van der Waals surface area (Å²) in [5.74, 6) is 1.04. The Balaban J connectivity index is 2.84. The van der Waals surface area contributed by atoms with Crippen molar-refractivity contribution in [3.63, 3.8) is 0 Å². The fourth-order valence-corrected chi connectivity index (χ4v) is 2.63. The van der Waals surface area contributed by atoms with E-state index in [4.69, 9.17) is 0 Å². The number of nitrogens with zero attached hydrogens (tertiary/aromatic N) is 1. The van der Waals surface area contributed by atoms with Crippen LogP contribution in [0, 0.1) is 22.0 Å². The van der Waals surface area contributed by atoms with Gasteiger partial charge in [0.15, 0.2) is 0 Å². The molecule has 0 aliphatic carbocycles. The minimum Gasteiger partial charge on any atom is -0.258 e. The first-order chi connectivity index (χ1) is 7.93. The maximum atomic E-state index is 10.9. The van der Waals surface area contributed by atoms with Crippen molar-refractivity contribution in [3.8, 4) is 0 Å². The summed E-state index contributed by atoms with van der Waals surface area (Å²) in [6, 6.07) is 6.95. The molecule has 17 heavy (non-hydrogen) atoms. The largest absolute Gasteiger partial charge is 0.272 e. The third-order valence-corrected chi connectivity index (χ3v) is 4.38. The van der Waals surface area contributed by atoms with Gasteiger partial charge >= 0.3 is 0 Å². The molecule has 0 N–H and O–H groups in total. The molecule has 4 heteroatoms. The third kappa shape index (κ3) is 3.80. The lowest BCUT2D eigenvalue weighted by molar-refractivity contribution is -0.385. The van der Waals surface area contributed by atoms with Crippen molar-refractivity contribution in [2.24, 2.45) is 11.8 Å². The number of rotatable bonds is 5. The molecule has 0 saturated carbocycles. The van der Waals surface area contributed by atoms with Gasteiger partial charge < -0.3 is 0 Å². The van der Waals surface area contributed by atoms with Crippen LogP contribution in [0.2, 0.25) is 0 Å². The topological polar surface area (TPSA) is 43.1 Å². The van der Waals surface area contributed by atoms with E-state index >= 15 is 0 Å². The van der Waals surface area contributed by atoms with Gasteiger partial charge in [-0.05, 0) is 18.3 Å². The number of nitro groups is 1. The lowest BCUT2D eigenvalue weighted by Gasteiger charge is -2.21. The Morgan fingerprint density at radius 2 is 1.88 bits per heavy atom. The van der Waals surface area contributed by atoms with E-state index in [1.165, 1.54) is 0 Å². The Morgan fingerprint density at radius 1 is 1.29 bits per heavy atom. The van der Waals surface area contributed by atoms with Gasteiger partial charge in [0.1, 0.15) is 0 Å². The lowest BCUT2D eigenvalue weighted by atomic mass is 9.91. The van der Waals surface area contributed by atoms with E-state index in [1.54, 1.807) is 12.1 Å². The lowest BCUT2D eigenvalue weighted by Crippen LogP contribution is -2.19. The number of alkyl halides is 1. The number of para-hydroxylation sites is 1. The number of nitro benzene ring substituents is 1. The van der Waals surface area contributed by atoms with Crippen molar-refractivity contribution in [1.29, 1.82) is 0 Å². The van der Waals surface area contributed by atoms with Crippen LogP contribution in [0.25, 0.3) is 0 Å². The highest BCUT2D eigenvalue weighted by atomic mass is 79.9. The quantitative estimate of drug-likeness (QED) is 0.465. The van der Waals surface area contributed by atoms with Crippen LogP contribution in [0.3, 0.4) is 0 Å². The molecule has 2 unspecified atom stereocenters. The SMILES string of the molecule is CC(C)C(C)C(Br)Cc1ccccc1[N+](=O)[O-]. The summed E-state index contributed by atoms with van der Waals surface area (Å²) in [5, 5.41) is 10.9. The maximum Gasteiger partial charge on any atom is 0.272 e. The van der Waals surface area contributed by atoms with Gasteiger partial charge in [-0.3, -0.25) is 10.1 Å². The minimum atomic E-state index is -0.310. The first kappa shape index (κ1) is 14.2. The average molecular weight is 300 g/mol. The van der Waals surface area contributed by atoms with Crippen molar-refractivity contribution in [2.45, 2.75) is 32.0 Å². The van der Waals surface area contributed by atoms with Crippen molar-refractivity contribution < 1.29 is 4.92 Å². The molecule has 0 aliphatic heterocycles. The van der Waals surface area contributed by atoms with E-state index < -0.39 is 0 Å². The highest BCUT2D eigenvalue weighted by Crippen LogP contribution is 2.27. The predicted molar refractivity (Wildman–Crippen MR) is 73.5 cm³/mol. The number of benzene rings is 1. The summed E-state index contributed by atoms with van der Waals surface area (Å²) in [6.07, 6.45) is 0.691. The molecule has 0 radical (unpaired) electrons. The molecule has 0 saturated heterocycles. The zero-order valence-corrected chi connectivity index (χ0v) is 12.0. The number of hydrogen-bond donors (Lipinski definition) is 0. The molecule has 0 fully saturated rings. The Kier molecular flexibility index (Phi) is 5.12. The van der Waals surface area contributed by atoms with Crippen LogP contribution in [0.15, 0.2) is 24.3 Å². The molecular formula is C13H18BrNO2. The van der Waals surface area contributed by atoms with Crippen molar-refractivity contribution in [2.75, 3.05) is 0 Å². The molecule has 3 nitrogen and oxygen atoms in total. The van der Waals surface area contributed by atoms with Gasteiger partial charge in [-0.15, -0.1) is 0 Å². The van der Waals surface area contributed by atoms with E-state index in [0.717, 1.165) is 5.56 Å². The Labute approximate surface area is 111 Å². The summed E-state index contributed by atoms with van der Waals surface area (Å²) < 4.78 is 0. The van der Waals surface area contributed by atoms with Crippen LogP contribution in [0.1, 0.15) is 26.3 Å². The normalized spacial score (nSPS) is 14.6. The van der Waals surface area contributed by atoms with E-state index in [0.29, 0.717) is 18.3 Å². The molecule has 1 aromatic carbocycles. The van der Waals surface area contributed by atoms with Gasteiger partial charge in [0.05, 0.1) is 4.92 Å². The van der Waals surface area contributed by atoms with Gasteiger partial charge in [0.2, 0.25) is 0 Å². The van der Waals surface area contributed by atoms with Crippen LogP contribution in [-0.2, 0) is 6.42 Å². The van der Waals surface area contributed by atoms with Crippen LogP contribution in [-0.4, -0.2) is 9.75 Å². The summed E-state index contributed by atoms with van der Waals surface area (Å²) >= 11 is 3.64. The van der Waals surface area contributed by atoms with Crippen LogP contribution in [0.4, 0.5) is 5.69 Å². The third-order valence-electron chi connectivity index (χ3n) is 3.23. The van der Waals surface area contributed by atoms with Crippen LogP contribution >= 0.6 is 15.9 Å². The van der Waals surface area contributed by atoms with Crippen LogP contribution in [0.5, 0.6) is 0 Å². The highest BCUT2D eigenvalue weighted by molar-refractivity contribution is 9.09. The molecule has 1 aromatic rings. The van der Waals surface area contributed by atoms with Gasteiger partial charge in [-0.1, -0.05) is 54.9 Å². The molecule has 2 atom stereocenters. The molecular weight excluding hydrogens is 282 g/mol. The maximum absolute atomic E-state index is 10.9. The molecule has 0 bridgehead atoms. The second kappa shape index (κ2) is 6.15. The van der Waals surface area contributed by atoms with Crippen molar-refractivity contribution >= 4 is 21.6 Å². The van der Waals surface area contributed by atoms with Crippen molar-refractivity contribution in [1.82, 2.24) is 0 Å². The Hall–Kier alpha value is -0.900. The van der Waals surface area contributed by atoms with E-state index in [-0.39, 0.29) is 15.4 Å². The smallest absolute Gasteiger partial charge is 0.258 e. The fourth-order valence-electron chi connectivity index (χ4n) is 1.68. The monoisotopic (exact) mass is 299 g/mol. The summed E-state index contributed by atoms with van der Waals surface area (Å²) in [7, 11) is 0. The molecule has 0 spiro atoms. The molecule has 1 rings (SSSR count). The molecule has 94 valence electrons. The Bertz CT molecular complexity index is 393. The number of halogens is 1. The zero-order valence-electron chi connectivity index (χ0n) is 10.4. The molecule has 0 heterocycles. The zero-order chi connectivity index (χ0) is 13.0. The summed E-state index contributed by atoms with van der Waals surface area (Å²) in [6.45, 7) is 6.50. The van der Waals surface area contributed by atoms with E-state index in [1.807, 2.05) is 12.1 Å². The van der Waals surface area contributed by atoms with Gasteiger partial charge in [-0.2, -0.15) is 0 Å². The second-order valence-electron chi connectivity index (χ2n) is 4.71. The molecule has 0 amide bonds. The predicted octanol–water partition coefficient (Wildman–Crippen LogP) is 4.19. The average Bonchev–Trinajstić information content (AvgIpc) is 2.28. The standard InChI is InChI=1S/C13H18BrNO2/c1-9(2)10(3)12(14)8-11-6-4-5-7-13(11)15(16)17/h4-7,9-10,12H,8H2,1-3H3. The first-order valence-electron chi connectivity index (χ1n) is 5.79. The molecule has 0 aliphatic rings. The van der Waals surface area contributed by atoms with Gasteiger partial charge in [-0.25, -0.2) is 0 Å². The van der Waals surface area contributed by atoms with Crippen LogP contribution < -0.4 is 0 Å². The number of hydrogen-bond acceptors (Lipinski definition) is 2.